The minimum Gasteiger partial charge on any atom is -0.483 e. The number of benzene rings is 2. The Kier molecular flexibility index (Phi) is 10.3. The van der Waals surface area contributed by atoms with E-state index in [0.29, 0.717) is 42.7 Å². The van der Waals surface area contributed by atoms with Gasteiger partial charge in [0.1, 0.15) is 46.6 Å². The van der Waals surface area contributed by atoms with Crippen LogP contribution in [0.15, 0.2) is 60.7 Å². The van der Waals surface area contributed by atoms with Crippen molar-refractivity contribution in [3.63, 3.8) is 0 Å². The highest BCUT2D eigenvalue weighted by Crippen LogP contribution is 2.47. The number of rotatable bonds is 3. The summed E-state index contributed by atoms with van der Waals surface area (Å²) in [6, 6.07) is 10.5. The summed E-state index contributed by atoms with van der Waals surface area (Å²) in [5.41, 5.74) is 0.740. The van der Waals surface area contributed by atoms with E-state index in [9.17, 15) is 28.7 Å². The first kappa shape index (κ1) is 35.8. The maximum atomic E-state index is 14.5. The predicted octanol–water partition coefficient (Wildman–Crippen LogP) is 6.08. The number of aromatic nitrogens is 1. The van der Waals surface area contributed by atoms with Crippen molar-refractivity contribution in [2.45, 2.75) is 108 Å². The molecule has 11 nitrogen and oxygen atoms in total. The molecule has 1 spiro atoms. The number of fused-ring (bicyclic) bond motifs is 4. The fourth-order valence-electron chi connectivity index (χ4n) is 7.28. The Morgan fingerprint density at radius 1 is 1.10 bits per heavy atom. The zero-order chi connectivity index (χ0) is 36.3. The van der Waals surface area contributed by atoms with Crippen molar-refractivity contribution >= 4 is 34.8 Å². The van der Waals surface area contributed by atoms with Crippen LogP contribution in [0.25, 0.3) is 22.2 Å². The van der Waals surface area contributed by atoms with E-state index in [1.54, 1.807) is 39.0 Å². The molecule has 270 valence electrons. The highest BCUT2D eigenvalue weighted by atomic mass is 19.1. The van der Waals surface area contributed by atoms with Gasteiger partial charge in [0.15, 0.2) is 0 Å². The van der Waals surface area contributed by atoms with Gasteiger partial charge >= 0.3 is 12.1 Å². The molecule has 0 bridgehead atoms. The quantitative estimate of drug-likeness (QED) is 0.279. The molecule has 3 aromatic rings. The van der Waals surface area contributed by atoms with Gasteiger partial charge in [0.2, 0.25) is 11.8 Å². The van der Waals surface area contributed by atoms with Gasteiger partial charge in [-0.3, -0.25) is 9.59 Å². The topological polar surface area (TPSA) is 147 Å². The van der Waals surface area contributed by atoms with Crippen LogP contribution in [0.5, 0.6) is 5.75 Å². The number of carboxylic acid groups (broad SMARTS) is 1. The number of hydrogen-bond acceptors (Lipinski definition) is 7. The summed E-state index contributed by atoms with van der Waals surface area (Å²) in [7, 11) is 0. The van der Waals surface area contributed by atoms with Crippen LogP contribution in [0, 0.1) is 5.82 Å². The SMILES string of the molecule is CC(C)(C)OC(=O)N[C@H]1CCCCC/C=C\CC(C(=O)O)NC(=O)C2CC3(CCc4c(c(-c5cccc(F)c5)nc5ccccc45)O3)CN2C1=O. The lowest BCUT2D eigenvalue weighted by molar-refractivity contribution is -0.144. The number of aryl methyl sites for hydroxylation is 1. The fraction of sp³-hybridized carbons (Fsp3) is 0.462. The highest BCUT2D eigenvalue weighted by Gasteiger charge is 2.53. The molecule has 0 saturated carbocycles. The predicted molar refractivity (Wildman–Crippen MR) is 189 cm³/mol. The first-order chi connectivity index (χ1) is 24.3. The first-order valence-electron chi connectivity index (χ1n) is 17.7. The van der Waals surface area contributed by atoms with Crippen LogP contribution < -0.4 is 15.4 Å². The van der Waals surface area contributed by atoms with Gasteiger partial charge in [-0.25, -0.2) is 19.0 Å². The Morgan fingerprint density at radius 2 is 1.90 bits per heavy atom. The molecule has 1 aromatic heterocycles. The van der Waals surface area contributed by atoms with Gasteiger partial charge in [0.05, 0.1) is 12.1 Å². The van der Waals surface area contributed by atoms with Gasteiger partial charge in [0, 0.05) is 22.9 Å². The molecule has 51 heavy (non-hydrogen) atoms. The van der Waals surface area contributed by atoms with Gasteiger partial charge in [-0.05, 0) is 77.5 Å². The smallest absolute Gasteiger partial charge is 0.408 e. The second kappa shape index (κ2) is 14.7. The Morgan fingerprint density at radius 3 is 2.67 bits per heavy atom. The minimum absolute atomic E-state index is 0.00289. The average Bonchev–Trinajstić information content (AvgIpc) is 3.44. The van der Waals surface area contributed by atoms with E-state index < -0.39 is 59.0 Å². The molecule has 3 amide bonds. The van der Waals surface area contributed by atoms with E-state index in [1.165, 1.54) is 17.0 Å². The van der Waals surface area contributed by atoms with E-state index >= 15 is 0 Å². The Bertz CT molecular complexity index is 1860. The number of carbonyl (C=O) groups is 4. The van der Waals surface area contributed by atoms with Gasteiger partial charge < -0.3 is 30.1 Å². The number of nitrogens with zero attached hydrogens (tertiary/aromatic N) is 2. The Hall–Kier alpha value is -5.00. The number of allylic oxidation sites excluding steroid dienone is 1. The van der Waals surface area contributed by atoms with Crippen LogP contribution in [0.3, 0.4) is 0 Å². The zero-order valence-corrected chi connectivity index (χ0v) is 29.2. The van der Waals surface area contributed by atoms with Crippen molar-refractivity contribution in [3.05, 3.63) is 72.1 Å². The molecule has 1 fully saturated rings. The van der Waals surface area contributed by atoms with Gasteiger partial charge in [0.25, 0.3) is 0 Å². The fourth-order valence-corrected chi connectivity index (χ4v) is 7.28. The molecule has 0 aliphatic carbocycles. The summed E-state index contributed by atoms with van der Waals surface area (Å²) in [6.07, 6.45) is 7.31. The average molecular weight is 701 g/mol. The van der Waals surface area contributed by atoms with E-state index in [-0.39, 0.29) is 19.4 Å². The summed E-state index contributed by atoms with van der Waals surface area (Å²) >= 11 is 0. The Balaban J connectivity index is 1.40. The molecular formula is C39H45FN4O7. The third-order valence-electron chi connectivity index (χ3n) is 9.69. The number of ether oxygens (including phenoxy) is 2. The van der Waals surface area contributed by atoms with Gasteiger partial charge in [-0.1, -0.05) is 55.3 Å². The molecule has 12 heteroatoms. The number of amides is 3. The lowest BCUT2D eigenvalue weighted by atomic mass is 9.86. The molecule has 0 radical (unpaired) electrons. The van der Waals surface area contributed by atoms with Crippen LogP contribution in [0.4, 0.5) is 9.18 Å². The van der Waals surface area contributed by atoms with E-state index in [0.717, 1.165) is 35.7 Å². The van der Waals surface area contributed by atoms with Crippen LogP contribution in [0.1, 0.15) is 77.7 Å². The number of para-hydroxylation sites is 1. The van der Waals surface area contributed by atoms with Crippen molar-refractivity contribution in [1.82, 2.24) is 20.5 Å². The van der Waals surface area contributed by atoms with Crippen LogP contribution >= 0.6 is 0 Å². The van der Waals surface area contributed by atoms with Crippen molar-refractivity contribution in [2.24, 2.45) is 0 Å². The molecular weight excluding hydrogens is 655 g/mol. The number of carbonyl (C=O) groups excluding carboxylic acids is 3. The molecule has 3 unspecified atom stereocenters. The summed E-state index contributed by atoms with van der Waals surface area (Å²) in [4.78, 5) is 60.1. The number of nitrogens with one attached hydrogen (secondary N) is 2. The maximum Gasteiger partial charge on any atom is 0.408 e. The molecule has 4 heterocycles. The lowest BCUT2D eigenvalue weighted by Crippen LogP contribution is -2.55. The minimum atomic E-state index is -1.20. The third kappa shape index (κ3) is 8.16. The number of hydrogen-bond donors (Lipinski definition) is 3. The molecule has 1 saturated heterocycles. The van der Waals surface area contributed by atoms with Gasteiger partial charge in [-0.2, -0.15) is 0 Å². The lowest BCUT2D eigenvalue weighted by Gasteiger charge is -2.37. The summed E-state index contributed by atoms with van der Waals surface area (Å²) in [5, 5.41) is 16.3. The molecule has 3 N–H and O–H groups in total. The molecule has 4 atom stereocenters. The Labute approximate surface area is 296 Å². The standard InChI is InChI=1S/C39H45FN4O7/c1-38(2,3)51-37(49)43-29-17-8-6-4-5-7-9-18-30(36(47)48)42-34(45)31-22-39(23-44(31)35(29)46)20-19-27-26-15-10-11-16-28(26)41-32(33(27)50-39)24-13-12-14-25(40)21-24/h7,9-16,21,29-31H,4-6,8,17-20,22-23H2,1-3H3,(H,42,45)(H,43,49)(H,47,48)/b9-7-/t29-,30?,31?,39?/m0/s1. The number of halogens is 1. The third-order valence-corrected chi connectivity index (χ3v) is 9.69. The summed E-state index contributed by atoms with van der Waals surface area (Å²) < 4.78 is 26.9. The normalized spacial score (nSPS) is 25.1. The second-order valence-electron chi connectivity index (χ2n) is 14.7. The van der Waals surface area contributed by atoms with Gasteiger partial charge in [-0.15, -0.1) is 0 Å². The largest absolute Gasteiger partial charge is 0.483 e. The summed E-state index contributed by atoms with van der Waals surface area (Å²) in [6.45, 7) is 5.20. The second-order valence-corrected chi connectivity index (χ2v) is 14.7. The van der Waals surface area contributed by atoms with E-state index in [2.05, 4.69) is 10.6 Å². The monoisotopic (exact) mass is 700 g/mol. The maximum absolute atomic E-state index is 14.5. The number of aliphatic carboxylic acids is 1. The van der Waals surface area contributed by atoms with Crippen LogP contribution in [-0.2, 0) is 25.5 Å². The van der Waals surface area contributed by atoms with E-state index in [1.807, 2.05) is 30.3 Å². The number of alkyl carbamates (subject to hydrolysis) is 1. The van der Waals surface area contributed by atoms with Crippen molar-refractivity contribution < 1.29 is 38.1 Å². The van der Waals surface area contributed by atoms with Crippen LogP contribution in [0.2, 0.25) is 0 Å². The van der Waals surface area contributed by atoms with Crippen molar-refractivity contribution in [3.8, 4) is 17.0 Å². The number of carboxylic acids is 1. The molecule has 6 rings (SSSR count). The molecule has 3 aliphatic rings. The molecule has 3 aliphatic heterocycles. The highest BCUT2D eigenvalue weighted by molar-refractivity contribution is 5.94. The molecule has 2 aromatic carbocycles. The first-order valence-corrected chi connectivity index (χ1v) is 17.7. The van der Waals surface area contributed by atoms with Crippen molar-refractivity contribution in [1.29, 1.82) is 0 Å². The summed E-state index contributed by atoms with van der Waals surface area (Å²) in [5.74, 6) is -2.26. The number of pyridine rings is 1. The van der Waals surface area contributed by atoms with Crippen LogP contribution in [-0.4, -0.2) is 74.7 Å². The van der Waals surface area contributed by atoms with Crippen molar-refractivity contribution in [2.75, 3.05) is 6.54 Å². The zero-order valence-electron chi connectivity index (χ0n) is 29.2. The van der Waals surface area contributed by atoms with E-state index in [4.69, 9.17) is 14.5 Å².